The van der Waals surface area contributed by atoms with E-state index in [9.17, 15) is 9.18 Å². The molecule has 1 rings (SSSR count). The minimum absolute atomic E-state index is 0.178. The van der Waals surface area contributed by atoms with Crippen molar-refractivity contribution in [3.05, 3.63) is 35.1 Å². The number of benzene rings is 1. The Labute approximate surface area is 94.4 Å². The number of carbonyl (C=O) groups excluding carboxylic acids is 1. The van der Waals surface area contributed by atoms with Crippen molar-refractivity contribution < 1.29 is 13.9 Å². The Hall–Kier alpha value is -1.42. The van der Waals surface area contributed by atoms with Crippen LogP contribution in [-0.2, 0) is 9.53 Å². The second-order valence-corrected chi connectivity index (χ2v) is 3.67. The zero-order valence-electron chi connectivity index (χ0n) is 9.50. The summed E-state index contributed by atoms with van der Waals surface area (Å²) in [5.74, 6) is -0.803. The number of ether oxygens (including phenoxy) is 1. The van der Waals surface area contributed by atoms with E-state index < -0.39 is 0 Å². The topological polar surface area (TPSA) is 52.3 Å². The van der Waals surface area contributed by atoms with Crippen LogP contribution in [0.5, 0.6) is 0 Å². The number of rotatable bonds is 4. The fraction of sp³-hybridized carbons (Fsp3) is 0.417. The lowest BCUT2D eigenvalue weighted by molar-refractivity contribution is -0.141. The van der Waals surface area contributed by atoms with E-state index in [0.29, 0.717) is 12.1 Å². The highest BCUT2D eigenvalue weighted by Gasteiger charge is 2.18. The highest BCUT2D eigenvalue weighted by atomic mass is 19.1. The number of nitrogens with two attached hydrogens (primary N) is 1. The molecule has 1 atom stereocenters. The van der Waals surface area contributed by atoms with Crippen LogP contribution in [0.4, 0.5) is 4.39 Å². The molecular weight excluding hydrogens is 209 g/mol. The van der Waals surface area contributed by atoms with E-state index >= 15 is 0 Å². The first kappa shape index (κ1) is 12.6. The number of methoxy groups -OCH3 is 1. The van der Waals surface area contributed by atoms with Crippen molar-refractivity contribution in [2.75, 3.05) is 13.7 Å². The number of carbonyl (C=O) groups is 1. The van der Waals surface area contributed by atoms with Gasteiger partial charge >= 0.3 is 5.97 Å². The summed E-state index contributed by atoms with van der Waals surface area (Å²) >= 11 is 0. The Balaban J connectivity index is 2.95. The molecule has 1 unspecified atom stereocenters. The zero-order valence-corrected chi connectivity index (χ0v) is 9.50. The van der Waals surface area contributed by atoms with Gasteiger partial charge < -0.3 is 10.5 Å². The molecule has 3 nitrogen and oxygen atoms in total. The molecule has 0 fully saturated rings. The van der Waals surface area contributed by atoms with Crippen LogP contribution in [0.2, 0.25) is 0 Å². The number of halogens is 1. The standard InChI is InChI=1S/C12H16FNO2/c1-8-10(4-3-5-11(8)13)9(7-14)6-12(15)16-2/h3-5,9H,6-7,14H2,1-2H3. The fourth-order valence-corrected chi connectivity index (χ4v) is 1.67. The lowest BCUT2D eigenvalue weighted by Crippen LogP contribution is -2.18. The van der Waals surface area contributed by atoms with E-state index in [2.05, 4.69) is 4.74 Å². The maximum Gasteiger partial charge on any atom is 0.306 e. The van der Waals surface area contributed by atoms with E-state index in [-0.39, 0.29) is 24.1 Å². The predicted octanol–water partition coefficient (Wildman–Crippen LogP) is 1.74. The molecule has 0 aliphatic heterocycles. The highest BCUT2D eigenvalue weighted by Crippen LogP contribution is 2.24. The highest BCUT2D eigenvalue weighted by molar-refractivity contribution is 5.70. The molecule has 0 aromatic heterocycles. The first-order valence-electron chi connectivity index (χ1n) is 5.12. The molecule has 1 aromatic rings. The molecule has 0 spiro atoms. The average molecular weight is 225 g/mol. The molecule has 0 aliphatic rings. The van der Waals surface area contributed by atoms with Gasteiger partial charge in [-0.25, -0.2) is 4.39 Å². The van der Waals surface area contributed by atoms with Gasteiger partial charge in [-0.1, -0.05) is 12.1 Å². The summed E-state index contributed by atoms with van der Waals surface area (Å²) in [4.78, 5) is 11.2. The van der Waals surface area contributed by atoms with Crippen LogP contribution in [-0.4, -0.2) is 19.6 Å². The largest absolute Gasteiger partial charge is 0.469 e. The minimum atomic E-state index is -0.334. The Kier molecular flexibility index (Phi) is 4.43. The second-order valence-electron chi connectivity index (χ2n) is 3.67. The van der Waals surface area contributed by atoms with Gasteiger partial charge in [-0.15, -0.1) is 0 Å². The molecule has 0 saturated heterocycles. The number of hydrogen-bond acceptors (Lipinski definition) is 3. The summed E-state index contributed by atoms with van der Waals surface area (Å²) in [6.45, 7) is 1.98. The minimum Gasteiger partial charge on any atom is -0.469 e. The van der Waals surface area contributed by atoms with Gasteiger partial charge in [-0.05, 0) is 30.7 Å². The van der Waals surface area contributed by atoms with Crippen LogP contribution in [0.25, 0.3) is 0 Å². The Morgan fingerprint density at radius 1 is 1.56 bits per heavy atom. The normalized spacial score (nSPS) is 12.2. The molecule has 88 valence electrons. The zero-order chi connectivity index (χ0) is 12.1. The van der Waals surface area contributed by atoms with Crippen LogP contribution in [0.3, 0.4) is 0 Å². The molecule has 0 aliphatic carbocycles. The summed E-state index contributed by atoms with van der Waals surface area (Å²) in [6.07, 6.45) is 0.178. The summed E-state index contributed by atoms with van der Waals surface area (Å²) in [5, 5.41) is 0. The van der Waals surface area contributed by atoms with Gasteiger partial charge in [-0.3, -0.25) is 4.79 Å². The molecular formula is C12H16FNO2. The summed E-state index contributed by atoms with van der Waals surface area (Å²) < 4.78 is 17.9. The number of hydrogen-bond donors (Lipinski definition) is 1. The molecule has 1 aromatic carbocycles. The predicted molar refractivity (Wildman–Crippen MR) is 59.6 cm³/mol. The van der Waals surface area contributed by atoms with Crippen LogP contribution >= 0.6 is 0 Å². The van der Waals surface area contributed by atoms with Gasteiger partial charge in [0.05, 0.1) is 13.5 Å². The van der Waals surface area contributed by atoms with Gasteiger partial charge in [0, 0.05) is 5.92 Å². The molecule has 0 heterocycles. The van der Waals surface area contributed by atoms with Crippen molar-refractivity contribution in [1.29, 1.82) is 0 Å². The lowest BCUT2D eigenvalue weighted by atomic mass is 9.92. The summed E-state index contributed by atoms with van der Waals surface area (Å²) in [6, 6.07) is 4.81. The van der Waals surface area contributed by atoms with Crippen molar-refractivity contribution in [1.82, 2.24) is 0 Å². The van der Waals surface area contributed by atoms with Gasteiger partial charge in [0.15, 0.2) is 0 Å². The van der Waals surface area contributed by atoms with Gasteiger partial charge in [-0.2, -0.15) is 0 Å². The maximum absolute atomic E-state index is 13.3. The van der Waals surface area contributed by atoms with Gasteiger partial charge in [0.1, 0.15) is 5.82 Å². The van der Waals surface area contributed by atoms with Crippen molar-refractivity contribution in [2.24, 2.45) is 5.73 Å². The lowest BCUT2D eigenvalue weighted by Gasteiger charge is -2.16. The molecule has 0 radical (unpaired) electrons. The van der Waals surface area contributed by atoms with Crippen molar-refractivity contribution in [3.8, 4) is 0 Å². The molecule has 0 amide bonds. The quantitative estimate of drug-likeness (QED) is 0.794. The third-order valence-electron chi connectivity index (χ3n) is 2.67. The van der Waals surface area contributed by atoms with E-state index in [0.717, 1.165) is 5.56 Å². The molecule has 2 N–H and O–H groups in total. The summed E-state index contributed by atoms with van der Waals surface area (Å²) in [7, 11) is 1.33. The van der Waals surface area contributed by atoms with E-state index in [1.165, 1.54) is 13.2 Å². The SMILES string of the molecule is COC(=O)CC(CN)c1cccc(F)c1C. The smallest absolute Gasteiger partial charge is 0.306 e. The molecule has 4 heteroatoms. The fourth-order valence-electron chi connectivity index (χ4n) is 1.67. The van der Waals surface area contributed by atoms with Crippen LogP contribution in [0.15, 0.2) is 18.2 Å². The van der Waals surface area contributed by atoms with E-state index in [4.69, 9.17) is 5.73 Å². The monoisotopic (exact) mass is 225 g/mol. The Morgan fingerprint density at radius 3 is 2.81 bits per heavy atom. The average Bonchev–Trinajstić information content (AvgIpc) is 2.29. The second kappa shape index (κ2) is 5.61. The van der Waals surface area contributed by atoms with Crippen molar-refractivity contribution >= 4 is 5.97 Å². The van der Waals surface area contributed by atoms with Crippen molar-refractivity contribution in [3.63, 3.8) is 0 Å². The van der Waals surface area contributed by atoms with Crippen molar-refractivity contribution in [2.45, 2.75) is 19.3 Å². The van der Waals surface area contributed by atoms with E-state index in [1.54, 1.807) is 19.1 Å². The summed E-state index contributed by atoms with van der Waals surface area (Å²) in [5.41, 5.74) is 6.91. The third-order valence-corrected chi connectivity index (χ3v) is 2.67. The molecule has 0 bridgehead atoms. The van der Waals surface area contributed by atoms with Crippen LogP contribution in [0, 0.1) is 12.7 Å². The molecule has 16 heavy (non-hydrogen) atoms. The Morgan fingerprint density at radius 2 is 2.25 bits per heavy atom. The number of esters is 1. The van der Waals surface area contributed by atoms with Gasteiger partial charge in [0.2, 0.25) is 0 Å². The van der Waals surface area contributed by atoms with Gasteiger partial charge in [0.25, 0.3) is 0 Å². The van der Waals surface area contributed by atoms with Crippen LogP contribution in [0.1, 0.15) is 23.5 Å². The first-order valence-corrected chi connectivity index (χ1v) is 5.12. The first-order chi connectivity index (χ1) is 7.60. The third kappa shape index (κ3) is 2.79. The molecule has 0 saturated carbocycles. The van der Waals surface area contributed by atoms with Crippen LogP contribution < -0.4 is 5.73 Å². The Bertz CT molecular complexity index is 379. The van der Waals surface area contributed by atoms with E-state index in [1.807, 2.05) is 0 Å². The maximum atomic E-state index is 13.3.